The molecule has 0 bridgehead atoms. The summed E-state index contributed by atoms with van der Waals surface area (Å²) < 4.78 is 4.96. The summed E-state index contributed by atoms with van der Waals surface area (Å²) in [6.07, 6.45) is 1.14. The van der Waals surface area contributed by atoms with Crippen molar-refractivity contribution >= 4 is 6.01 Å². The number of nitrogens with zero attached hydrogens (tertiary/aromatic N) is 2. The van der Waals surface area contributed by atoms with Gasteiger partial charge in [-0.2, -0.15) is 4.98 Å². The molecular formula is C9H17N3O. The molecule has 4 nitrogen and oxygen atoms in total. The van der Waals surface area contributed by atoms with Gasteiger partial charge in [-0.3, -0.25) is 0 Å². The van der Waals surface area contributed by atoms with Crippen LogP contribution in [0, 0.1) is 12.8 Å². The van der Waals surface area contributed by atoms with Crippen LogP contribution in [-0.4, -0.2) is 16.2 Å². The van der Waals surface area contributed by atoms with Crippen LogP contribution in [0.5, 0.6) is 0 Å². The molecule has 1 aromatic heterocycles. The average Bonchev–Trinajstić information content (AvgIpc) is 2.49. The highest BCUT2D eigenvalue weighted by Gasteiger charge is 2.12. The van der Waals surface area contributed by atoms with Gasteiger partial charge in [0.25, 0.3) is 0 Å². The predicted octanol–water partition coefficient (Wildman–Crippen LogP) is 2.22. The van der Waals surface area contributed by atoms with Crippen molar-refractivity contribution < 1.29 is 4.52 Å². The van der Waals surface area contributed by atoms with Crippen LogP contribution in [0.25, 0.3) is 0 Å². The van der Waals surface area contributed by atoms with Crippen molar-refractivity contribution in [3.8, 4) is 0 Å². The minimum absolute atomic E-state index is 0.366. The summed E-state index contributed by atoms with van der Waals surface area (Å²) in [6, 6.07) is 0.884. The molecule has 0 aliphatic rings. The molecule has 13 heavy (non-hydrogen) atoms. The van der Waals surface area contributed by atoms with Crippen molar-refractivity contribution in [1.82, 2.24) is 10.1 Å². The Morgan fingerprint density at radius 2 is 2.15 bits per heavy atom. The number of hydrogen-bond donors (Lipinski definition) is 1. The number of anilines is 1. The molecular weight excluding hydrogens is 166 g/mol. The second-order valence-electron chi connectivity index (χ2n) is 3.47. The number of nitrogens with one attached hydrogen (secondary N) is 1. The largest absolute Gasteiger partial charge is 0.335 e. The summed E-state index contributed by atoms with van der Waals surface area (Å²) in [5, 5.41) is 6.88. The van der Waals surface area contributed by atoms with Gasteiger partial charge in [0.1, 0.15) is 0 Å². The van der Waals surface area contributed by atoms with Crippen LogP contribution in [0.15, 0.2) is 4.52 Å². The zero-order valence-corrected chi connectivity index (χ0v) is 8.66. The summed E-state index contributed by atoms with van der Waals surface area (Å²) in [7, 11) is 0. The third-order valence-electron chi connectivity index (χ3n) is 2.38. The Bertz CT molecular complexity index is 259. The zero-order valence-electron chi connectivity index (χ0n) is 8.66. The number of rotatable bonds is 4. The molecule has 0 saturated heterocycles. The number of hydrogen-bond acceptors (Lipinski definition) is 4. The lowest BCUT2D eigenvalue weighted by atomic mass is 10.0. The normalized spacial score (nSPS) is 15.4. The summed E-state index contributed by atoms with van der Waals surface area (Å²) >= 11 is 0. The highest BCUT2D eigenvalue weighted by atomic mass is 16.5. The molecule has 2 unspecified atom stereocenters. The van der Waals surface area contributed by atoms with E-state index in [4.69, 9.17) is 4.52 Å². The Morgan fingerprint density at radius 3 is 2.62 bits per heavy atom. The molecule has 1 heterocycles. The first-order valence-electron chi connectivity index (χ1n) is 4.70. The second kappa shape index (κ2) is 4.25. The molecule has 4 heteroatoms. The SMILES string of the molecule is CCC(C)C(C)Nc1nc(C)no1. The average molecular weight is 183 g/mol. The topological polar surface area (TPSA) is 51.0 Å². The van der Waals surface area contributed by atoms with E-state index in [-0.39, 0.29) is 0 Å². The van der Waals surface area contributed by atoms with Gasteiger partial charge in [0.05, 0.1) is 0 Å². The van der Waals surface area contributed by atoms with Gasteiger partial charge in [-0.1, -0.05) is 25.4 Å². The van der Waals surface area contributed by atoms with E-state index in [0.717, 1.165) is 6.42 Å². The molecule has 0 amide bonds. The van der Waals surface area contributed by atoms with Crippen molar-refractivity contribution in [1.29, 1.82) is 0 Å². The Kier molecular flexibility index (Phi) is 3.28. The summed E-state index contributed by atoms with van der Waals surface area (Å²) in [6.45, 7) is 8.29. The van der Waals surface area contributed by atoms with E-state index in [1.807, 2.05) is 6.92 Å². The fraction of sp³-hybridized carbons (Fsp3) is 0.778. The van der Waals surface area contributed by atoms with E-state index in [9.17, 15) is 0 Å². The summed E-state index contributed by atoms with van der Waals surface area (Å²) in [4.78, 5) is 4.08. The van der Waals surface area contributed by atoms with Gasteiger partial charge in [0.2, 0.25) is 0 Å². The van der Waals surface area contributed by atoms with Gasteiger partial charge >= 0.3 is 6.01 Å². The highest BCUT2D eigenvalue weighted by Crippen LogP contribution is 2.12. The van der Waals surface area contributed by atoms with Gasteiger partial charge in [-0.15, -0.1) is 0 Å². The van der Waals surface area contributed by atoms with Crippen molar-refractivity contribution in [3.05, 3.63) is 5.82 Å². The maximum Gasteiger partial charge on any atom is 0.321 e. The van der Waals surface area contributed by atoms with Crippen LogP contribution in [-0.2, 0) is 0 Å². The fourth-order valence-electron chi connectivity index (χ4n) is 1.05. The molecule has 0 saturated carbocycles. The molecule has 2 atom stereocenters. The van der Waals surface area contributed by atoms with Crippen LogP contribution in [0.4, 0.5) is 6.01 Å². The molecule has 74 valence electrons. The molecule has 1 rings (SSSR count). The predicted molar refractivity (Wildman–Crippen MR) is 51.6 cm³/mol. The van der Waals surface area contributed by atoms with E-state index in [0.29, 0.717) is 23.8 Å². The van der Waals surface area contributed by atoms with Crippen LogP contribution < -0.4 is 5.32 Å². The molecule has 0 aromatic carbocycles. The van der Waals surface area contributed by atoms with Crippen molar-refractivity contribution in [2.24, 2.45) is 5.92 Å². The second-order valence-corrected chi connectivity index (χ2v) is 3.47. The molecule has 1 aromatic rings. The molecule has 0 spiro atoms. The minimum Gasteiger partial charge on any atom is -0.335 e. The molecule has 0 aliphatic carbocycles. The Hall–Kier alpha value is -1.06. The van der Waals surface area contributed by atoms with E-state index in [2.05, 4.69) is 36.2 Å². The van der Waals surface area contributed by atoms with Crippen molar-refractivity contribution in [3.63, 3.8) is 0 Å². The van der Waals surface area contributed by atoms with E-state index >= 15 is 0 Å². The van der Waals surface area contributed by atoms with Crippen molar-refractivity contribution in [2.75, 3.05) is 5.32 Å². The van der Waals surface area contributed by atoms with E-state index in [1.165, 1.54) is 0 Å². The van der Waals surface area contributed by atoms with Crippen molar-refractivity contribution in [2.45, 2.75) is 40.2 Å². The molecule has 0 aliphatic heterocycles. The first kappa shape index (κ1) is 10.0. The Labute approximate surface area is 78.7 Å². The van der Waals surface area contributed by atoms with E-state index in [1.54, 1.807) is 0 Å². The Morgan fingerprint density at radius 1 is 1.46 bits per heavy atom. The first-order valence-corrected chi connectivity index (χ1v) is 4.70. The van der Waals surface area contributed by atoms with Gasteiger partial charge in [0, 0.05) is 6.04 Å². The van der Waals surface area contributed by atoms with Gasteiger partial charge in [0.15, 0.2) is 5.82 Å². The zero-order chi connectivity index (χ0) is 9.84. The lowest BCUT2D eigenvalue weighted by molar-refractivity contribution is 0.409. The fourth-order valence-corrected chi connectivity index (χ4v) is 1.05. The van der Waals surface area contributed by atoms with Crippen LogP contribution in [0.2, 0.25) is 0 Å². The molecule has 0 radical (unpaired) electrons. The third-order valence-corrected chi connectivity index (χ3v) is 2.38. The maximum absolute atomic E-state index is 4.96. The first-order chi connectivity index (χ1) is 6.13. The standard InChI is InChI=1S/C9H17N3O/c1-5-6(2)7(3)10-9-11-8(4)12-13-9/h6-7H,5H2,1-4H3,(H,10,11,12). The number of aryl methyl sites for hydroxylation is 1. The minimum atomic E-state index is 0.366. The van der Waals surface area contributed by atoms with Crippen LogP contribution in [0.3, 0.4) is 0 Å². The Balaban J connectivity index is 2.49. The van der Waals surface area contributed by atoms with Gasteiger partial charge in [-0.25, -0.2) is 0 Å². The maximum atomic E-state index is 4.96. The molecule has 1 N–H and O–H groups in total. The van der Waals surface area contributed by atoms with Gasteiger partial charge in [-0.05, 0) is 19.8 Å². The summed E-state index contributed by atoms with van der Waals surface area (Å²) in [5.41, 5.74) is 0. The monoisotopic (exact) mass is 183 g/mol. The van der Waals surface area contributed by atoms with E-state index < -0.39 is 0 Å². The van der Waals surface area contributed by atoms with Gasteiger partial charge < -0.3 is 9.84 Å². The summed E-state index contributed by atoms with van der Waals surface area (Å²) in [5.74, 6) is 1.27. The molecule has 0 fully saturated rings. The smallest absolute Gasteiger partial charge is 0.321 e. The van der Waals surface area contributed by atoms with Crippen LogP contribution in [0.1, 0.15) is 33.0 Å². The quantitative estimate of drug-likeness (QED) is 0.777. The van der Waals surface area contributed by atoms with Crippen LogP contribution >= 0.6 is 0 Å². The highest BCUT2D eigenvalue weighted by molar-refractivity contribution is 5.19. The number of aromatic nitrogens is 2. The lowest BCUT2D eigenvalue weighted by Gasteiger charge is -2.17. The third kappa shape index (κ3) is 2.72. The lowest BCUT2D eigenvalue weighted by Crippen LogP contribution is -2.23.